The van der Waals surface area contributed by atoms with Gasteiger partial charge >= 0.3 is 5.76 Å². The summed E-state index contributed by atoms with van der Waals surface area (Å²) in [7, 11) is 3.70. The molecule has 0 fully saturated rings. The van der Waals surface area contributed by atoms with Gasteiger partial charge < -0.3 is 9.32 Å². The van der Waals surface area contributed by atoms with Crippen molar-refractivity contribution in [2.24, 2.45) is 0 Å². The van der Waals surface area contributed by atoms with Gasteiger partial charge in [-0.3, -0.25) is 14.3 Å². The summed E-state index contributed by atoms with van der Waals surface area (Å²) in [5.74, 6) is -2.55. The molecule has 30 heavy (non-hydrogen) atoms. The Kier molecular flexibility index (Phi) is 5.35. The maximum Gasteiger partial charge on any atom is 0.420 e. The maximum atomic E-state index is 14.1. The number of fused-ring (bicyclic) bond motifs is 2. The molecule has 0 spiro atoms. The molecule has 0 aliphatic carbocycles. The number of benzene rings is 2. The van der Waals surface area contributed by atoms with E-state index < -0.39 is 23.3 Å². The first kappa shape index (κ1) is 20.2. The van der Waals surface area contributed by atoms with Crippen LogP contribution in [0, 0.1) is 11.6 Å². The summed E-state index contributed by atoms with van der Waals surface area (Å²) >= 11 is 1.02. The Balaban J connectivity index is 1.71. The summed E-state index contributed by atoms with van der Waals surface area (Å²) in [6, 6.07) is 8.75. The zero-order chi connectivity index (χ0) is 21.4. The van der Waals surface area contributed by atoms with E-state index in [-0.39, 0.29) is 23.7 Å². The van der Waals surface area contributed by atoms with Crippen LogP contribution < -0.4 is 10.7 Å². The Morgan fingerprint density at radius 1 is 1.20 bits per heavy atom. The van der Waals surface area contributed by atoms with Crippen molar-refractivity contribution in [1.29, 1.82) is 0 Å². The first-order chi connectivity index (χ1) is 14.3. The van der Waals surface area contributed by atoms with E-state index in [9.17, 15) is 18.4 Å². The lowest BCUT2D eigenvalue weighted by Crippen LogP contribution is -2.39. The number of oxazole rings is 1. The van der Waals surface area contributed by atoms with Crippen LogP contribution in [0.5, 0.6) is 0 Å². The summed E-state index contributed by atoms with van der Waals surface area (Å²) < 4.78 is 34.4. The predicted molar refractivity (Wildman–Crippen MR) is 111 cm³/mol. The molecule has 7 nitrogen and oxygen atoms in total. The third-order valence-electron chi connectivity index (χ3n) is 4.57. The molecule has 0 aliphatic rings. The molecule has 0 saturated carbocycles. The third kappa shape index (κ3) is 3.83. The number of carbonyl (C=O) groups is 1. The molecular weight excluding hydrogens is 414 g/mol. The molecule has 4 aromatic rings. The summed E-state index contributed by atoms with van der Waals surface area (Å²) in [4.78, 5) is 32.9. The van der Waals surface area contributed by atoms with Gasteiger partial charge in [0.05, 0.1) is 10.2 Å². The zero-order valence-corrected chi connectivity index (χ0v) is 17.1. The molecule has 2 aromatic heterocycles. The molecule has 156 valence electrons. The van der Waals surface area contributed by atoms with Crippen LogP contribution in [0.25, 0.3) is 21.3 Å². The van der Waals surface area contributed by atoms with Crippen molar-refractivity contribution in [1.82, 2.24) is 14.5 Å². The van der Waals surface area contributed by atoms with Gasteiger partial charge in [-0.05, 0) is 32.3 Å². The fraction of sp³-hybridized carbons (Fsp3) is 0.250. The van der Waals surface area contributed by atoms with Gasteiger partial charge in [0.2, 0.25) is 5.91 Å². The van der Waals surface area contributed by atoms with Crippen LogP contribution in [0.1, 0.15) is 0 Å². The van der Waals surface area contributed by atoms with Crippen molar-refractivity contribution in [2.75, 3.05) is 32.1 Å². The van der Waals surface area contributed by atoms with Crippen LogP contribution in [-0.2, 0) is 11.3 Å². The van der Waals surface area contributed by atoms with E-state index in [4.69, 9.17) is 4.42 Å². The Morgan fingerprint density at radius 3 is 2.73 bits per heavy atom. The predicted octanol–water partition coefficient (Wildman–Crippen LogP) is 3.08. The van der Waals surface area contributed by atoms with Crippen LogP contribution in [0.3, 0.4) is 0 Å². The van der Waals surface area contributed by atoms with E-state index in [1.165, 1.54) is 15.5 Å². The number of hydrogen-bond donors (Lipinski definition) is 0. The molecule has 0 unspecified atom stereocenters. The van der Waals surface area contributed by atoms with Crippen LogP contribution in [-0.4, -0.2) is 47.5 Å². The summed E-state index contributed by atoms with van der Waals surface area (Å²) in [5, 5.41) is 0.238. The number of rotatable bonds is 6. The molecule has 0 aliphatic heterocycles. The van der Waals surface area contributed by atoms with Crippen molar-refractivity contribution >= 4 is 43.7 Å². The van der Waals surface area contributed by atoms with Crippen molar-refractivity contribution in [3.8, 4) is 0 Å². The molecule has 0 N–H and O–H groups in total. The van der Waals surface area contributed by atoms with Crippen LogP contribution >= 0.6 is 11.3 Å². The number of halogens is 2. The van der Waals surface area contributed by atoms with E-state index in [2.05, 4.69) is 4.98 Å². The molecule has 2 heterocycles. The molecule has 2 aromatic carbocycles. The minimum absolute atomic E-state index is 0.00461. The molecular formula is C20H18F2N4O3S. The lowest BCUT2D eigenvalue weighted by Gasteiger charge is -2.22. The van der Waals surface area contributed by atoms with E-state index in [1.807, 2.05) is 19.0 Å². The second-order valence-electron chi connectivity index (χ2n) is 7.00. The first-order valence-corrected chi connectivity index (χ1v) is 9.94. The van der Waals surface area contributed by atoms with E-state index in [1.54, 1.807) is 24.3 Å². The van der Waals surface area contributed by atoms with Gasteiger partial charge in [0.1, 0.15) is 17.9 Å². The molecule has 10 heteroatoms. The van der Waals surface area contributed by atoms with Crippen LogP contribution in [0.15, 0.2) is 45.6 Å². The minimum atomic E-state index is -0.787. The molecule has 1 amide bonds. The standard InChI is InChI=1S/C20H18F2N4O3S/c1-24(2)7-8-25(19-23-18-13(22)9-12(21)10-16(18)30-19)17(27)11-26-14-5-3-4-6-15(14)29-20(26)28/h3-6,9-10H,7-8,11H2,1-2H3. The second-order valence-corrected chi connectivity index (χ2v) is 8.01. The Morgan fingerprint density at radius 2 is 1.97 bits per heavy atom. The quantitative estimate of drug-likeness (QED) is 0.468. The topological polar surface area (TPSA) is 71.6 Å². The fourth-order valence-electron chi connectivity index (χ4n) is 3.07. The number of likely N-dealkylation sites (N-methyl/N-ethyl adjacent to an activating group) is 1. The highest BCUT2D eigenvalue weighted by Gasteiger charge is 2.23. The molecule has 4 rings (SSSR count). The van der Waals surface area contributed by atoms with Crippen molar-refractivity contribution < 1.29 is 18.0 Å². The lowest BCUT2D eigenvalue weighted by atomic mass is 10.3. The average Bonchev–Trinajstić information content (AvgIpc) is 3.23. The lowest BCUT2D eigenvalue weighted by molar-refractivity contribution is -0.119. The molecule has 0 atom stereocenters. The molecule has 0 radical (unpaired) electrons. The SMILES string of the molecule is CN(C)CCN(C(=O)Cn1c(=O)oc2ccccc21)c1nc2c(F)cc(F)cc2s1. The smallest absolute Gasteiger partial charge is 0.408 e. The number of aromatic nitrogens is 2. The van der Waals surface area contributed by atoms with Gasteiger partial charge in [0.25, 0.3) is 0 Å². The highest BCUT2D eigenvalue weighted by molar-refractivity contribution is 7.22. The normalized spacial score (nSPS) is 11.6. The molecule has 0 saturated heterocycles. The molecule has 0 bridgehead atoms. The number of hydrogen-bond acceptors (Lipinski definition) is 6. The Labute approximate surface area is 173 Å². The van der Waals surface area contributed by atoms with Gasteiger partial charge in [-0.25, -0.2) is 18.6 Å². The van der Waals surface area contributed by atoms with Gasteiger partial charge in [0.15, 0.2) is 16.5 Å². The van der Waals surface area contributed by atoms with Gasteiger partial charge in [-0.2, -0.15) is 0 Å². The Bertz CT molecular complexity index is 1290. The minimum Gasteiger partial charge on any atom is -0.408 e. The number of para-hydroxylation sites is 2. The number of thiazole rings is 1. The number of amides is 1. The maximum absolute atomic E-state index is 14.1. The van der Waals surface area contributed by atoms with E-state index >= 15 is 0 Å². The first-order valence-electron chi connectivity index (χ1n) is 9.12. The van der Waals surface area contributed by atoms with E-state index in [0.717, 1.165) is 17.4 Å². The summed E-state index contributed by atoms with van der Waals surface area (Å²) in [6.07, 6.45) is 0. The van der Waals surface area contributed by atoms with Gasteiger partial charge in [-0.1, -0.05) is 23.5 Å². The highest BCUT2D eigenvalue weighted by Crippen LogP contribution is 2.31. The Hall–Kier alpha value is -3.11. The monoisotopic (exact) mass is 432 g/mol. The second kappa shape index (κ2) is 7.96. The third-order valence-corrected chi connectivity index (χ3v) is 5.60. The van der Waals surface area contributed by atoms with Gasteiger partial charge in [-0.15, -0.1) is 0 Å². The van der Waals surface area contributed by atoms with E-state index in [0.29, 0.717) is 22.3 Å². The van der Waals surface area contributed by atoms with Crippen molar-refractivity contribution in [3.63, 3.8) is 0 Å². The highest BCUT2D eigenvalue weighted by atomic mass is 32.1. The average molecular weight is 432 g/mol. The largest absolute Gasteiger partial charge is 0.420 e. The summed E-state index contributed by atoms with van der Waals surface area (Å²) in [6.45, 7) is 0.510. The van der Waals surface area contributed by atoms with Crippen molar-refractivity contribution in [2.45, 2.75) is 6.54 Å². The number of anilines is 1. The van der Waals surface area contributed by atoms with Crippen LogP contribution in [0.2, 0.25) is 0 Å². The zero-order valence-electron chi connectivity index (χ0n) is 16.3. The van der Waals surface area contributed by atoms with Gasteiger partial charge in [0, 0.05) is 19.2 Å². The van der Waals surface area contributed by atoms with Crippen molar-refractivity contribution in [3.05, 3.63) is 58.6 Å². The number of carbonyl (C=O) groups excluding carboxylic acids is 1. The fourth-order valence-corrected chi connectivity index (χ4v) is 4.12. The van der Waals surface area contributed by atoms with Crippen LogP contribution in [0.4, 0.5) is 13.9 Å². The number of nitrogens with zero attached hydrogens (tertiary/aromatic N) is 4. The summed E-state index contributed by atoms with van der Waals surface area (Å²) in [5.41, 5.74) is 0.887.